The molecule has 0 aromatic carbocycles. The van der Waals surface area contributed by atoms with Gasteiger partial charge in [-0.25, -0.2) is 0 Å². The van der Waals surface area contributed by atoms with Crippen molar-refractivity contribution >= 4 is 37.8 Å². The zero-order chi connectivity index (χ0) is 17.4. The molecule has 23 heavy (non-hydrogen) atoms. The second-order valence-electron chi connectivity index (χ2n) is 4.57. The minimum Gasteiger partial charge on any atom is -0.345 e. The van der Waals surface area contributed by atoms with E-state index in [4.69, 9.17) is 0 Å². The topological polar surface area (TPSA) is 64.7 Å². The highest BCUT2D eigenvalue weighted by Gasteiger charge is 2.39. The largest absolute Gasteiger partial charge is 0.434 e. The van der Waals surface area contributed by atoms with Crippen LogP contribution >= 0.6 is 31.9 Å². The smallest absolute Gasteiger partial charge is 0.345 e. The van der Waals surface area contributed by atoms with Crippen molar-refractivity contribution in [1.29, 1.82) is 0 Å². The van der Waals surface area contributed by atoms with Crippen LogP contribution in [0.1, 0.15) is 28.8 Å². The van der Waals surface area contributed by atoms with E-state index >= 15 is 0 Å². The molecule has 126 valence electrons. The molecule has 0 saturated carbocycles. The maximum atomic E-state index is 12.9. The average molecular weight is 459 g/mol. The Kier molecular flexibility index (Phi) is 5.19. The van der Waals surface area contributed by atoms with Crippen LogP contribution in [-0.2, 0) is 26.3 Å². The van der Waals surface area contributed by atoms with E-state index in [0.717, 1.165) is 7.05 Å². The van der Waals surface area contributed by atoms with Crippen molar-refractivity contribution in [3.05, 3.63) is 32.2 Å². The second kappa shape index (κ2) is 6.63. The standard InChI is InChI=1S/C12H12Br2F3N5O/c1-3-22-7(6(13)4-19-22)5-18-11(23)9-8(14)10(12(15,16)17)21(2)20-9/h4H,3,5H2,1-2H3,(H,18,23). The number of carbonyl (C=O) groups excluding carboxylic acids is 1. The average Bonchev–Trinajstić information content (AvgIpc) is 2.95. The van der Waals surface area contributed by atoms with Crippen LogP contribution in [0.3, 0.4) is 0 Å². The molecule has 0 atom stereocenters. The maximum absolute atomic E-state index is 12.9. The van der Waals surface area contributed by atoms with Gasteiger partial charge in [0.25, 0.3) is 5.91 Å². The summed E-state index contributed by atoms with van der Waals surface area (Å²) in [6.07, 6.45) is -3.02. The number of aryl methyl sites for hydroxylation is 2. The van der Waals surface area contributed by atoms with E-state index in [0.29, 0.717) is 21.4 Å². The van der Waals surface area contributed by atoms with E-state index in [9.17, 15) is 18.0 Å². The lowest BCUT2D eigenvalue weighted by Gasteiger charge is -2.07. The Morgan fingerprint density at radius 3 is 2.57 bits per heavy atom. The van der Waals surface area contributed by atoms with Crippen molar-refractivity contribution in [2.75, 3.05) is 0 Å². The van der Waals surface area contributed by atoms with Crippen LogP contribution < -0.4 is 5.32 Å². The highest BCUT2D eigenvalue weighted by atomic mass is 79.9. The molecule has 6 nitrogen and oxygen atoms in total. The van der Waals surface area contributed by atoms with Gasteiger partial charge in [-0.15, -0.1) is 0 Å². The fraction of sp³-hybridized carbons (Fsp3) is 0.417. The summed E-state index contributed by atoms with van der Waals surface area (Å²) in [5.41, 5.74) is -0.620. The van der Waals surface area contributed by atoms with Crippen molar-refractivity contribution < 1.29 is 18.0 Å². The van der Waals surface area contributed by atoms with Gasteiger partial charge < -0.3 is 5.32 Å². The molecule has 0 saturated heterocycles. The predicted molar refractivity (Wildman–Crippen MR) is 82.7 cm³/mol. The fourth-order valence-electron chi connectivity index (χ4n) is 2.03. The van der Waals surface area contributed by atoms with Gasteiger partial charge in [0.2, 0.25) is 0 Å². The molecule has 1 N–H and O–H groups in total. The van der Waals surface area contributed by atoms with Gasteiger partial charge in [0.1, 0.15) is 0 Å². The Balaban J connectivity index is 2.21. The van der Waals surface area contributed by atoms with Gasteiger partial charge in [0.15, 0.2) is 11.4 Å². The number of rotatable bonds is 4. The van der Waals surface area contributed by atoms with Crippen molar-refractivity contribution in [2.24, 2.45) is 7.05 Å². The monoisotopic (exact) mass is 457 g/mol. The SMILES string of the molecule is CCn1ncc(Br)c1CNC(=O)c1nn(C)c(C(F)(F)F)c1Br. The Hall–Kier alpha value is -1.36. The first-order valence-corrected chi connectivity index (χ1v) is 8.03. The molecule has 0 spiro atoms. The van der Waals surface area contributed by atoms with E-state index in [2.05, 4.69) is 47.4 Å². The number of nitrogens with one attached hydrogen (secondary N) is 1. The maximum Gasteiger partial charge on any atom is 0.434 e. The Morgan fingerprint density at radius 1 is 1.39 bits per heavy atom. The predicted octanol–water partition coefficient (Wildman–Crippen LogP) is 3.11. The fourth-order valence-corrected chi connectivity index (χ4v) is 3.21. The molecule has 2 rings (SSSR count). The summed E-state index contributed by atoms with van der Waals surface area (Å²) in [6, 6.07) is 0. The minimum absolute atomic E-state index is 0.109. The lowest BCUT2D eigenvalue weighted by molar-refractivity contribution is -0.144. The van der Waals surface area contributed by atoms with Crippen molar-refractivity contribution in [1.82, 2.24) is 24.9 Å². The highest BCUT2D eigenvalue weighted by Crippen LogP contribution is 2.36. The molecular formula is C12H12Br2F3N5O. The second-order valence-corrected chi connectivity index (χ2v) is 6.22. The van der Waals surface area contributed by atoms with Gasteiger partial charge in [-0.3, -0.25) is 14.2 Å². The van der Waals surface area contributed by atoms with Crippen LogP contribution in [0, 0.1) is 0 Å². The third-order valence-corrected chi connectivity index (χ3v) is 4.50. The third-order valence-electron chi connectivity index (χ3n) is 3.09. The third kappa shape index (κ3) is 3.60. The summed E-state index contributed by atoms with van der Waals surface area (Å²) in [4.78, 5) is 12.1. The lowest BCUT2D eigenvalue weighted by atomic mass is 10.3. The molecule has 2 aromatic rings. The molecule has 0 aliphatic rings. The summed E-state index contributed by atoms with van der Waals surface area (Å²) in [5, 5.41) is 10.3. The zero-order valence-corrected chi connectivity index (χ0v) is 15.3. The van der Waals surface area contributed by atoms with E-state index in [-0.39, 0.29) is 16.7 Å². The quantitative estimate of drug-likeness (QED) is 0.765. The Labute approximate surface area is 146 Å². The van der Waals surface area contributed by atoms with Gasteiger partial charge in [0.05, 0.1) is 27.4 Å². The van der Waals surface area contributed by atoms with Gasteiger partial charge in [-0.1, -0.05) is 0 Å². The number of amides is 1. The molecule has 2 aromatic heterocycles. The van der Waals surface area contributed by atoms with Crippen LogP contribution in [0.5, 0.6) is 0 Å². The van der Waals surface area contributed by atoms with Crippen LogP contribution in [0.15, 0.2) is 15.1 Å². The first kappa shape index (κ1) is 18.0. The molecule has 0 radical (unpaired) electrons. The molecule has 0 aliphatic carbocycles. The van der Waals surface area contributed by atoms with Gasteiger partial charge in [-0.05, 0) is 38.8 Å². The Bertz CT molecular complexity index is 738. The summed E-state index contributed by atoms with van der Waals surface area (Å²) in [5.74, 6) is -0.710. The number of halogens is 5. The molecular weight excluding hydrogens is 447 g/mol. The van der Waals surface area contributed by atoms with Crippen LogP contribution in [-0.4, -0.2) is 25.5 Å². The van der Waals surface area contributed by atoms with Crippen molar-refractivity contribution in [3.8, 4) is 0 Å². The zero-order valence-electron chi connectivity index (χ0n) is 12.1. The molecule has 1 amide bonds. The number of nitrogens with zero attached hydrogens (tertiary/aromatic N) is 4. The highest BCUT2D eigenvalue weighted by molar-refractivity contribution is 9.10. The molecule has 2 heterocycles. The first-order chi connectivity index (χ1) is 10.7. The summed E-state index contributed by atoms with van der Waals surface area (Å²) >= 11 is 6.12. The molecule has 0 bridgehead atoms. The summed E-state index contributed by atoms with van der Waals surface area (Å²) in [6.45, 7) is 2.59. The van der Waals surface area contributed by atoms with E-state index < -0.39 is 17.8 Å². The molecule has 11 heteroatoms. The van der Waals surface area contributed by atoms with E-state index in [1.807, 2.05) is 6.92 Å². The van der Waals surface area contributed by atoms with Crippen molar-refractivity contribution in [2.45, 2.75) is 26.2 Å². The first-order valence-electron chi connectivity index (χ1n) is 6.44. The van der Waals surface area contributed by atoms with E-state index in [1.165, 1.54) is 0 Å². The van der Waals surface area contributed by atoms with Gasteiger partial charge >= 0.3 is 6.18 Å². The van der Waals surface area contributed by atoms with Crippen LogP contribution in [0.4, 0.5) is 13.2 Å². The molecule has 0 unspecified atom stereocenters. The molecule has 0 aliphatic heterocycles. The number of carbonyl (C=O) groups is 1. The number of alkyl halides is 3. The lowest BCUT2D eigenvalue weighted by Crippen LogP contribution is -2.25. The Morgan fingerprint density at radius 2 is 2.04 bits per heavy atom. The summed E-state index contributed by atoms with van der Waals surface area (Å²) in [7, 11) is 1.13. The van der Waals surface area contributed by atoms with Gasteiger partial charge in [0, 0.05) is 13.6 Å². The summed E-state index contributed by atoms with van der Waals surface area (Å²) < 4.78 is 41.3. The number of hydrogen-bond acceptors (Lipinski definition) is 3. The molecule has 0 fully saturated rings. The number of hydrogen-bond donors (Lipinski definition) is 1. The minimum atomic E-state index is -4.61. The van der Waals surface area contributed by atoms with E-state index in [1.54, 1.807) is 10.9 Å². The number of aromatic nitrogens is 4. The van der Waals surface area contributed by atoms with Crippen LogP contribution in [0.2, 0.25) is 0 Å². The normalized spacial score (nSPS) is 11.8. The van der Waals surface area contributed by atoms with Gasteiger partial charge in [-0.2, -0.15) is 23.4 Å². The van der Waals surface area contributed by atoms with Crippen molar-refractivity contribution in [3.63, 3.8) is 0 Å². The van der Waals surface area contributed by atoms with Crippen LogP contribution in [0.25, 0.3) is 0 Å².